The van der Waals surface area contributed by atoms with Crippen LogP contribution in [0, 0.1) is 6.92 Å². The van der Waals surface area contributed by atoms with Gasteiger partial charge in [-0.05, 0) is 13.3 Å². The zero-order chi connectivity index (χ0) is 13.1. The number of carboxylic acids is 1. The fourth-order valence-corrected chi connectivity index (χ4v) is 3.19. The van der Waals surface area contributed by atoms with E-state index < -0.39 is 22.1 Å². The van der Waals surface area contributed by atoms with E-state index in [1.54, 1.807) is 6.92 Å². The molecule has 7 nitrogen and oxygen atoms in total. The molecule has 3 N–H and O–H groups in total. The second-order valence-corrected chi connectivity index (χ2v) is 6.47. The molecule has 0 aliphatic heterocycles. The van der Waals surface area contributed by atoms with Crippen molar-refractivity contribution in [2.45, 2.75) is 23.7 Å². The highest BCUT2D eigenvalue weighted by Crippen LogP contribution is 2.17. The van der Waals surface area contributed by atoms with Crippen LogP contribution in [0.1, 0.15) is 11.4 Å². The van der Waals surface area contributed by atoms with Crippen LogP contribution in [0.4, 0.5) is 0 Å². The summed E-state index contributed by atoms with van der Waals surface area (Å²) in [7, 11) is -3.66. The van der Waals surface area contributed by atoms with Crippen molar-refractivity contribution in [2.75, 3.05) is 6.54 Å². The van der Waals surface area contributed by atoms with E-state index in [2.05, 4.69) is 9.71 Å². The maximum absolute atomic E-state index is 11.6. The summed E-state index contributed by atoms with van der Waals surface area (Å²) < 4.78 is 25.5. The molecule has 0 aliphatic rings. The molecule has 0 saturated carbocycles. The van der Waals surface area contributed by atoms with Gasteiger partial charge in [-0.3, -0.25) is 0 Å². The van der Waals surface area contributed by atoms with Crippen molar-refractivity contribution in [3.63, 3.8) is 0 Å². The molecule has 1 aromatic heterocycles. The predicted octanol–water partition coefficient (Wildman–Crippen LogP) is -0.435. The lowest BCUT2D eigenvalue weighted by Gasteiger charge is -2.06. The van der Waals surface area contributed by atoms with E-state index in [9.17, 15) is 13.2 Å². The van der Waals surface area contributed by atoms with Crippen molar-refractivity contribution in [2.24, 2.45) is 0 Å². The van der Waals surface area contributed by atoms with Crippen molar-refractivity contribution in [3.05, 3.63) is 11.2 Å². The Hall–Kier alpha value is -1.03. The SMILES string of the molecule is Cc1ncc(S(=O)(=O)NCCC(O)C(=O)O)s1. The van der Waals surface area contributed by atoms with Crippen LogP contribution in [0.15, 0.2) is 10.4 Å². The number of carbonyl (C=O) groups is 1. The number of hydrogen-bond acceptors (Lipinski definition) is 6. The van der Waals surface area contributed by atoms with E-state index >= 15 is 0 Å². The summed E-state index contributed by atoms with van der Waals surface area (Å²) in [6.45, 7) is 1.53. The highest BCUT2D eigenvalue weighted by atomic mass is 32.2. The Morgan fingerprint density at radius 1 is 1.65 bits per heavy atom. The molecule has 1 aromatic rings. The quantitative estimate of drug-likeness (QED) is 0.650. The summed E-state index contributed by atoms with van der Waals surface area (Å²) in [5, 5.41) is 18.0. The monoisotopic (exact) mass is 280 g/mol. The molecule has 0 aliphatic carbocycles. The second-order valence-electron chi connectivity index (χ2n) is 3.24. The summed E-state index contributed by atoms with van der Waals surface area (Å²) >= 11 is 1.02. The summed E-state index contributed by atoms with van der Waals surface area (Å²) in [5.41, 5.74) is 0. The van der Waals surface area contributed by atoms with Crippen LogP contribution < -0.4 is 4.72 Å². The largest absolute Gasteiger partial charge is 0.479 e. The molecule has 1 unspecified atom stereocenters. The molecule has 17 heavy (non-hydrogen) atoms. The summed E-state index contributed by atoms with van der Waals surface area (Å²) in [4.78, 5) is 14.1. The number of thiazole rings is 1. The highest BCUT2D eigenvalue weighted by molar-refractivity contribution is 7.91. The van der Waals surface area contributed by atoms with Gasteiger partial charge in [0.1, 0.15) is 0 Å². The number of aryl methyl sites for hydroxylation is 1. The van der Waals surface area contributed by atoms with Gasteiger partial charge < -0.3 is 10.2 Å². The molecule has 0 radical (unpaired) electrons. The summed E-state index contributed by atoms with van der Waals surface area (Å²) in [5.74, 6) is -1.38. The van der Waals surface area contributed by atoms with E-state index in [1.165, 1.54) is 6.20 Å². The number of aromatic nitrogens is 1. The number of hydrogen-bond donors (Lipinski definition) is 3. The normalized spacial score (nSPS) is 13.5. The third-order valence-corrected chi connectivity index (χ3v) is 4.69. The highest BCUT2D eigenvalue weighted by Gasteiger charge is 2.18. The molecule has 1 heterocycles. The van der Waals surface area contributed by atoms with Crippen molar-refractivity contribution in [1.29, 1.82) is 0 Å². The van der Waals surface area contributed by atoms with Gasteiger partial charge in [0.05, 0.1) is 11.2 Å². The van der Waals surface area contributed by atoms with Crippen molar-refractivity contribution >= 4 is 27.3 Å². The molecule has 1 rings (SSSR count). The Balaban J connectivity index is 2.54. The van der Waals surface area contributed by atoms with Gasteiger partial charge in [0.2, 0.25) is 0 Å². The minimum absolute atomic E-state index is 0.0693. The van der Waals surface area contributed by atoms with Crippen LogP contribution in [-0.2, 0) is 14.8 Å². The Morgan fingerprint density at radius 3 is 2.76 bits per heavy atom. The summed E-state index contributed by atoms with van der Waals surface area (Å²) in [6.07, 6.45) is -0.525. The van der Waals surface area contributed by atoms with Gasteiger partial charge in [0.25, 0.3) is 10.0 Å². The summed E-state index contributed by atoms with van der Waals surface area (Å²) in [6, 6.07) is 0. The zero-order valence-corrected chi connectivity index (χ0v) is 10.6. The third-order valence-electron chi connectivity index (χ3n) is 1.86. The average Bonchev–Trinajstić information content (AvgIpc) is 2.65. The van der Waals surface area contributed by atoms with E-state index in [0.29, 0.717) is 5.01 Å². The van der Waals surface area contributed by atoms with Crippen LogP contribution in [0.2, 0.25) is 0 Å². The van der Waals surface area contributed by atoms with E-state index in [4.69, 9.17) is 10.2 Å². The molecule has 0 fully saturated rings. The Bertz CT molecular complexity index is 496. The molecule has 1 atom stereocenters. The number of nitrogens with zero attached hydrogens (tertiary/aromatic N) is 1. The molecule has 0 aromatic carbocycles. The molecule has 9 heteroatoms. The number of rotatable bonds is 6. The zero-order valence-electron chi connectivity index (χ0n) is 8.95. The first kappa shape index (κ1) is 14.0. The van der Waals surface area contributed by atoms with E-state index in [-0.39, 0.29) is 17.2 Å². The smallest absolute Gasteiger partial charge is 0.332 e. The lowest BCUT2D eigenvalue weighted by atomic mass is 10.3. The van der Waals surface area contributed by atoms with Gasteiger partial charge >= 0.3 is 5.97 Å². The number of aliphatic hydroxyl groups is 1. The Morgan fingerprint density at radius 2 is 2.29 bits per heavy atom. The number of sulfonamides is 1. The minimum Gasteiger partial charge on any atom is -0.479 e. The third kappa shape index (κ3) is 4.04. The fourth-order valence-electron chi connectivity index (χ4n) is 0.991. The second kappa shape index (κ2) is 5.54. The molecule has 96 valence electrons. The van der Waals surface area contributed by atoms with Crippen LogP contribution in [0.5, 0.6) is 0 Å². The molecular weight excluding hydrogens is 268 g/mol. The number of aliphatic carboxylic acids is 1. The maximum Gasteiger partial charge on any atom is 0.332 e. The van der Waals surface area contributed by atoms with E-state index in [1.807, 2.05) is 0 Å². The topological polar surface area (TPSA) is 117 Å². The van der Waals surface area contributed by atoms with Gasteiger partial charge in [-0.15, -0.1) is 11.3 Å². The standard InChI is InChI=1S/C8H12N2O5S2/c1-5-9-4-7(16-5)17(14,15)10-3-2-6(11)8(12)13/h4,6,10-11H,2-3H2,1H3,(H,12,13). The Labute approximate surface area is 102 Å². The molecule has 0 amide bonds. The lowest BCUT2D eigenvalue weighted by Crippen LogP contribution is -2.29. The predicted molar refractivity (Wildman–Crippen MR) is 60.3 cm³/mol. The maximum atomic E-state index is 11.6. The van der Waals surface area contributed by atoms with Crippen molar-refractivity contribution in [1.82, 2.24) is 9.71 Å². The van der Waals surface area contributed by atoms with Gasteiger partial charge in [-0.25, -0.2) is 22.9 Å². The van der Waals surface area contributed by atoms with Crippen LogP contribution >= 0.6 is 11.3 Å². The first-order valence-electron chi connectivity index (χ1n) is 4.66. The fraction of sp³-hybridized carbons (Fsp3) is 0.500. The molecule has 0 saturated heterocycles. The van der Waals surface area contributed by atoms with Gasteiger partial charge in [0.15, 0.2) is 10.3 Å². The van der Waals surface area contributed by atoms with Crippen LogP contribution in [0.25, 0.3) is 0 Å². The van der Waals surface area contributed by atoms with Crippen LogP contribution in [-0.4, -0.2) is 42.2 Å². The molecular formula is C8H12N2O5S2. The van der Waals surface area contributed by atoms with Gasteiger partial charge in [-0.1, -0.05) is 0 Å². The van der Waals surface area contributed by atoms with Crippen molar-refractivity contribution in [3.8, 4) is 0 Å². The number of aliphatic hydroxyl groups excluding tert-OH is 1. The number of nitrogens with one attached hydrogen (secondary N) is 1. The van der Waals surface area contributed by atoms with Gasteiger partial charge in [-0.2, -0.15) is 0 Å². The van der Waals surface area contributed by atoms with Gasteiger partial charge in [0, 0.05) is 6.54 Å². The number of carboxylic acid groups (broad SMARTS) is 1. The first-order valence-corrected chi connectivity index (χ1v) is 6.96. The average molecular weight is 280 g/mol. The minimum atomic E-state index is -3.66. The van der Waals surface area contributed by atoms with Crippen LogP contribution in [0.3, 0.4) is 0 Å². The Kier molecular flexibility index (Phi) is 4.57. The van der Waals surface area contributed by atoms with E-state index in [0.717, 1.165) is 11.3 Å². The molecule has 0 spiro atoms. The molecule has 0 bridgehead atoms. The van der Waals surface area contributed by atoms with Crippen molar-refractivity contribution < 1.29 is 23.4 Å². The first-order chi connectivity index (χ1) is 7.83. The lowest BCUT2D eigenvalue weighted by molar-refractivity contribution is -0.146.